The zero-order valence-corrected chi connectivity index (χ0v) is 11.1. The third-order valence-corrected chi connectivity index (χ3v) is 3.15. The second kappa shape index (κ2) is 4.88. The summed E-state index contributed by atoms with van der Waals surface area (Å²) in [5.74, 6) is 0. The van der Waals surface area contributed by atoms with Gasteiger partial charge in [0.2, 0.25) is 0 Å². The van der Waals surface area contributed by atoms with Gasteiger partial charge in [-0.15, -0.1) is 0 Å². The first-order chi connectivity index (χ1) is 7.35. The number of hydrogen-bond acceptors (Lipinski definition) is 2. The first-order valence-electron chi connectivity index (χ1n) is 5.87. The van der Waals surface area contributed by atoms with Crippen molar-refractivity contribution < 1.29 is 0 Å². The van der Waals surface area contributed by atoms with E-state index in [9.17, 15) is 0 Å². The molecule has 0 atom stereocenters. The molecule has 16 heavy (non-hydrogen) atoms. The number of aryl methyl sites for hydroxylation is 3. The summed E-state index contributed by atoms with van der Waals surface area (Å²) in [6.45, 7) is 12.4. The van der Waals surface area contributed by atoms with Gasteiger partial charge in [0.1, 0.15) is 0 Å². The smallest absolute Gasteiger partial charge is 0.0372 e. The normalized spacial score (nSPS) is 11.6. The molecular weight excluding hydrogens is 196 g/mol. The summed E-state index contributed by atoms with van der Waals surface area (Å²) in [4.78, 5) is 0. The zero-order chi connectivity index (χ0) is 12.3. The van der Waals surface area contributed by atoms with E-state index >= 15 is 0 Å². The van der Waals surface area contributed by atoms with E-state index in [-0.39, 0.29) is 5.41 Å². The fourth-order valence-corrected chi connectivity index (χ4v) is 1.56. The quantitative estimate of drug-likeness (QED) is 0.818. The third-order valence-electron chi connectivity index (χ3n) is 3.15. The van der Waals surface area contributed by atoms with Crippen molar-refractivity contribution in [3.63, 3.8) is 0 Å². The molecule has 1 aromatic rings. The van der Waals surface area contributed by atoms with Gasteiger partial charge in [0.05, 0.1) is 0 Å². The van der Waals surface area contributed by atoms with Crippen molar-refractivity contribution in [3.05, 3.63) is 28.8 Å². The van der Waals surface area contributed by atoms with Gasteiger partial charge in [0.25, 0.3) is 0 Å². The first-order valence-corrected chi connectivity index (χ1v) is 5.87. The van der Waals surface area contributed by atoms with E-state index in [1.807, 2.05) is 0 Å². The van der Waals surface area contributed by atoms with E-state index in [2.05, 4.69) is 52.1 Å². The molecule has 0 bridgehead atoms. The topological polar surface area (TPSA) is 38.0 Å². The van der Waals surface area contributed by atoms with Gasteiger partial charge in [-0.3, -0.25) is 0 Å². The molecular formula is C14H24N2. The molecule has 0 spiro atoms. The fourth-order valence-electron chi connectivity index (χ4n) is 1.56. The van der Waals surface area contributed by atoms with Crippen LogP contribution in [0.2, 0.25) is 0 Å². The number of anilines is 1. The standard InChI is InChI=1S/C14H24N2/c1-10-6-12(3)13(7-11(10)2)16-9-14(4,5)8-15/h6-7,16H,8-9,15H2,1-5H3. The molecule has 2 heteroatoms. The summed E-state index contributed by atoms with van der Waals surface area (Å²) in [7, 11) is 0. The molecule has 3 N–H and O–H groups in total. The average molecular weight is 220 g/mol. The highest BCUT2D eigenvalue weighted by Crippen LogP contribution is 2.22. The Balaban J connectivity index is 2.79. The molecule has 0 saturated heterocycles. The number of rotatable bonds is 4. The van der Waals surface area contributed by atoms with Crippen molar-refractivity contribution >= 4 is 5.69 Å². The highest BCUT2D eigenvalue weighted by Gasteiger charge is 2.15. The number of nitrogens with two attached hydrogens (primary N) is 1. The van der Waals surface area contributed by atoms with Crippen LogP contribution in [0.25, 0.3) is 0 Å². The van der Waals surface area contributed by atoms with Gasteiger partial charge in [0.15, 0.2) is 0 Å². The molecule has 90 valence electrons. The van der Waals surface area contributed by atoms with Gasteiger partial charge in [-0.2, -0.15) is 0 Å². The molecule has 0 aromatic heterocycles. The van der Waals surface area contributed by atoms with Crippen molar-refractivity contribution in [1.29, 1.82) is 0 Å². The molecule has 0 unspecified atom stereocenters. The Kier molecular flexibility index (Phi) is 3.98. The van der Waals surface area contributed by atoms with Crippen LogP contribution < -0.4 is 11.1 Å². The maximum Gasteiger partial charge on any atom is 0.0372 e. The highest BCUT2D eigenvalue weighted by molar-refractivity contribution is 5.54. The van der Waals surface area contributed by atoms with Gasteiger partial charge in [-0.25, -0.2) is 0 Å². The van der Waals surface area contributed by atoms with Crippen molar-refractivity contribution in [2.75, 3.05) is 18.4 Å². The van der Waals surface area contributed by atoms with Crippen molar-refractivity contribution in [1.82, 2.24) is 0 Å². The van der Waals surface area contributed by atoms with E-state index in [0.29, 0.717) is 6.54 Å². The van der Waals surface area contributed by atoms with Crippen LogP contribution in [0.15, 0.2) is 12.1 Å². The van der Waals surface area contributed by atoms with Crippen LogP contribution in [-0.2, 0) is 0 Å². The van der Waals surface area contributed by atoms with Gasteiger partial charge in [-0.1, -0.05) is 19.9 Å². The summed E-state index contributed by atoms with van der Waals surface area (Å²) < 4.78 is 0. The molecule has 0 aliphatic rings. The van der Waals surface area contributed by atoms with Crippen LogP contribution in [0.5, 0.6) is 0 Å². The second-order valence-electron chi connectivity index (χ2n) is 5.47. The predicted octanol–water partition coefficient (Wildman–Crippen LogP) is 3.01. The molecule has 0 saturated carbocycles. The van der Waals surface area contributed by atoms with E-state index < -0.39 is 0 Å². The molecule has 2 nitrogen and oxygen atoms in total. The minimum atomic E-state index is 0.144. The monoisotopic (exact) mass is 220 g/mol. The average Bonchev–Trinajstić information content (AvgIpc) is 2.22. The lowest BCUT2D eigenvalue weighted by molar-refractivity contribution is 0.405. The summed E-state index contributed by atoms with van der Waals surface area (Å²) in [6.07, 6.45) is 0. The van der Waals surface area contributed by atoms with E-state index in [4.69, 9.17) is 5.73 Å². The molecule has 0 amide bonds. The summed E-state index contributed by atoms with van der Waals surface area (Å²) in [5.41, 5.74) is 11.1. The minimum Gasteiger partial charge on any atom is -0.384 e. The Morgan fingerprint density at radius 3 is 2.19 bits per heavy atom. The Morgan fingerprint density at radius 2 is 1.62 bits per heavy atom. The minimum absolute atomic E-state index is 0.144. The zero-order valence-electron chi connectivity index (χ0n) is 11.1. The van der Waals surface area contributed by atoms with Gasteiger partial charge >= 0.3 is 0 Å². The maximum absolute atomic E-state index is 5.72. The highest BCUT2D eigenvalue weighted by atomic mass is 14.9. The van der Waals surface area contributed by atoms with E-state index in [1.54, 1.807) is 0 Å². The van der Waals surface area contributed by atoms with Gasteiger partial charge < -0.3 is 11.1 Å². The molecule has 0 aliphatic carbocycles. The lowest BCUT2D eigenvalue weighted by Crippen LogP contribution is -2.31. The van der Waals surface area contributed by atoms with Crippen LogP contribution in [0.3, 0.4) is 0 Å². The Morgan fingerprint density at radius 1 is 1.06 bits per heavy atom. The fraction of sp³-hybridized carbons (Fsp3) is 0.571. The lowest BCUT2D eigenvalue weighted by Gasteiger charge is -2.24. The van der Waals surface area contributed by atoms with E-state index in [1.165, 1.54) is 22.4 Å². The van der Waals surface area contributed by atoms with Crippen LogP contribution in [0, 0.1) is 26.2 Å². The van der Waals surface area contributed by atoms with Crippen LogP contribution in [-0.4, -0.2) is 13.1 Å². The van der Waals surface area contributed by atoms with Gasteiger partial charge in [-0.05, 0) is 55.5 Å². The third kappa shape index (κ3) is 3.24. The van der Waals surface area contributed by atoms with Crippen LogP contribution in [0.4, 0.5) is 5.69 Å². The summed E-state index contributed by atoms with van der Waals surface area (Å²) >= 11 is 0. The van der Waals surface area contributed by atoms with Crippen LogP contribution >= 0.6 is 0 Å². The lowest BCUT2D eigenvalue weighted by atomic mass is 9.93. The molecule has 0 aliphatic heterocycles. The molecule has 0 fully saturated rings. The van der Waals surface area contributed by atoms with Crippen molar-refractivity contribution in [3.8, 4) is 0 Å². The Bertz CT molecular complexity index is 367. The summed E-state index contributed by atoms with van der Waals surface area (Å²) in [5, 5.41) is 3.49. The van der Waals surface area contributed by atoms with E-state index in [0.717, 1.165) is 6.54 Å². The van der Waals surface area contributed by atoms with Crippen molar-refractivity contribution in [2.24, 2.45) is 11.1 Å². The Hall–Kier alpha value is -1.02. The summed E-state index contributed by atoms with van der Waals surface area (Å²) in [6, 6.07) is 4.45. The Labute approximate surface area is 99.2 Å². The molecule has 0 heterocycles. The first kappa shape index (κ1) is 13.0. The number of nitrogens with one attached hydrogen (secondary N) is 1. The maximum atomic E-state index is 5.72. The number of hydrogen-bond donors (Lipinski definition) is 2. The molecule has 1 rings (SSSR count). The van der Waals surface area contributed by atoms with Crippen molar-refractivity contribution in [2.45, 2.75) is 34.6 Å². The van der Waals surface area contributed by atoms with Gasteiger partial charge in [0, 0.05) is 12.2 Å². The number of benzene rings is 1. The van der Waals surface area contributed by atoms with Crippen LogP contribution in [0.1, 0.15) is 30.5 Å². The largest absolute Gasteiger partial charge is 0.384 e. The molecule has 1 aromatic carbocycles. The second-order valence-corrected chi connectivity index (χ2v) is 5.47. The molecule has 0 radical (unpaired) electrons. The SMILES string of the molecule is Cc1cc(C)c(NCC(C)(C)CN)cc1C. The predicted molar refractivity (Wildman–Crippen MR) is 72.0 cm³/mol.